The minimum atomic E-state index is -0.156. The van der Waals surface area contributed by atoms with Crippen LogP contribution in [0.2, 0.25) is 0 Å². The van der Waals surface area contributed by atoms with Gasteiger partial charge in [-0.05, 0) is 12.1 Å². The van der Waals surface area contributed by atoms with Crippen LogP contribution in [0.25, 0.3) is 0 Å². The number of ether oxygens (including phenoxy) is 1. The summed E-state index contributed by atoms with van der Waals surface area (Å²) >= 11 is 0. The molecule has 0 saturated carbocycles. The zero-order chi connectivity index (χ0) is 9.80. The van der Waals surface area contributed by atoms with E-state index in [0.717, 1.165) is 12.1 Å². The van der Waals surface area contributed by atoms with Crippen molar-refractivity contribution in [3.63, 3.8) is 0 Å². The largest absolute Gasteiger partial charge is 0.464 e. The van der Waals surface area contributed by atoms with E-state index >= 15 is 0 Å². The molecule has 2 rings (SSSR count). The molecule has 0 aromatic carbocycles. The van der Waals surface area contributed by atoms with Gasteiger partial charge in [-0.1, -0.05) is 6.07 Å². The van der Waals surface area contributed by atoms with Gasteiger partial charge in [0.2, 0.25) is 0 Å². The van der Waals surface area contributed by atoms with Gasteiger partial charge in [0.05, 0.1) is 12.3 Å². The lowest BCUT2D eigenvalue weighted by Crippen LogP contribution is -2.32. The number of hydrogen-bond acceptors (Lipinski definition) is 4. The smallest absolute Gasteiger partial charge is 0.323 e. The Morgan fingerprint density at radius 2 is 2.50 bits per heavy atom. The molecule has 1 aromatic heterocycles. The molecule has 0 bridgehead atoms. The van der Waals surface area contributed by atoms with Crippen LogP contribution in [0.15, 0.2) is 24.4 Å². The monoisotopic (exact) mass is 192 g/mol. The Hall–Kier alpha value is -1.42. The fraction of sp³-hybridized carbons (Fsp3) is 0.400. The van der Waals surface area contributed by atoms with Crippen molar-refractivity contribution in [1.82, 2.24) is 10.3 Å². The van der Waals surface area contributed by atoms with Gasteiger partial charge in [0.15, 0.2) is 0 Å². The molecule has 74 valence electrons. The quantitative estimate of drug-likeness (QED) is 0.708. The van der Waals surface area contributed by atoms with Crippen LogP contribution in [0.5, 0.6) is 0 Å². The maximum Gasteiger partial charge on any atom is 0.323 e. The fourth-order valence-electron chi connectivity index (χ4n) is 1.41. The number of carbonyl (C=O) groups excluding carboxylic acids is 1. The molecule has 4 heteroatoms. The molecule has 0 radical (unpaired) electrons. The van der Waals surface area contributed by atoms with Gasteiger partial charge in [0, 0.05) is 19.2 Å². The van der Waals surface area contributed by atoms with E-state index in [2.05, 4.69) is 10.3 Å². The number of nitrogens with one attached hydrogen (secondary N) is 1. The highest BCUT2D eigenvalue weighted by molar-refractivity contribution is 5.77. The predicted octanol–water partition coefficient (Wildman–Crippen LogP) is 0.487. The van der Waals surface area contributed by atoms with Crippen molar-refractivity contribution < 1.29 is 9.53 Å². The molecule has 1 atom stereocenters. The lowest BCUT2D eigenvalue weighted by molar-refractivity contribution is -0.139. The Kier molecular flexibility index (Phi) is 2.74. The summed E-state index contributed by atoms with van der Waals surface area (Å²) in [6.07, 6.45) is 2.50. The maximum absolute atomic E-state index is 11.1. The van der Waals surface area contributed by atoms with Gasteiger partial charge in [0.1, 0.15) is 6.04 Å². The van der Waals surface area contributed by atoms with Gasteiger partial charge in [-0.15, -0.1) is 0 Å². The molecule has 0 aliphatic carbocycles. The molecular formula is C10H12N2O2. The van der Waals surface area contributed by atoms with E-state index in [1.807, 2.05) is 18.2 Å². The molecular weight excluding hydrogens is 180 g/mol. The Balaban J connectivity index is 1.85. The van der Waals surface area contributed by atoms with Crippen LogP contribution in [-0.4, -0.2) is 23.6 Å². The average Bonchev–Trinajstić information content (AvgIpc) is 2.63. The second-order valence-electron chi connectivity index (χ2n) is 3.21. The van der Waals surface area contributed by atoms with Crippen molar-refractivity contribution >= 4 is 5.97 Å². The van der Waals surface area contributed by atoms with Crippen LogP contribution >= 0.6 is 0 Å². The van der Waals surface area contributed by atoms with E-state index in [4.69, 9.17) is 4.74 Å². The average molecular weight is 192 g/mol. The van der Waals surface area contributed by atoms with E-state index in [9.17, 15) is 4.79 Å². The number of esters is 1. The van der Waals surface area contributed by atoms with Crippen LogP contribution in [0.3, 0.4) is 0 Å². The van der Waals surface area contributed by atoms with Gasteiger partial charge in [0.25, 0.3) is 0 Å². The summed E-state index contributed by atoms with van der Waals surface area (Å²) in [4.78, 5) is 15.2. The number of pyridine rings is 1. The Bertz CT molecular complexity index is 313. The lowest BCUT2D eigenvalue weighted by atomic mass is 10.2. The predicted molar refractivity (Wildman–Crippen MR) is 50.4 cm³/mol. The summed E-state index contributed by atoms with van der Waals surface area (Å²) in [7, 11) is 0. The van der Waals surface area contributed by atoms with E-state index in [0.29, 0.717) is 13.2 Å². The molecule has 1 aromatic rings. The number of rotatable bonds is 3. The van der Waals surface area contributed by atoms with Crippen molar-refractivity contribution in [3.05, 3.63) is 30.1 Å². The molecule has 1 aliphatic rings. The third-order valence-corrected chi connectivity index (χ3v) is 2.19. The van der Waals surface area contributed by atoms with Gasteiger partial charge < -0.3 is 4.74 Å². The molecule has 2 heterocycles. The van der Waals surface area contributed by atoms with Crippen LogP contribution in [0.1, 0.15) is 12.1 Å². The van der Waals surface area contributed by atoms with Crippen molar-refractivity contribution in [2.45, 2.75) is 19.0 Å². The molecule has 4 nitrogen and oxygen atoms in total. The van der Waals surface area contributed by atoms with E-state index < -0.39 is 0 Å². The molecule has 1 N–H and O–H groups in total. The normalized spacial score (nSPS) is 20.9. The number of carbonyl (C=O) groups is 1. The van der Waals surface area contributed by atoms with E-state index in [1.165, 1.54) is 0 Å². The molecule has 1 unspecified atom stereocenters. The van der Waals surface area contributed by atoms with Gasteiger partial charge in [-0.3, -0.25) is 15.1 Å². The minimum Gasteiger partial charge on any atom is -0.464 e. The molecule has 1 fully saturated rings. The number of hydrogen-bond donors (Lipinski definition) is 1. The second kappa shape index (κ2) is 4.19. The second-order valence-corrected chi connectivity index (χ2v) is 3.21. The van der Waals surface area contributed by atoms with Crippen molar-refractivity contribution in [1.29, 1.82) is 0 Å². The molecule has 1 aliphatic heterocycles. The highest BCUT2D eigenvalue weighted by Crippen LogP contribution is 2.06. The summed E-state index contributed by atoms with van der Waals surface area (Å²) in [5, 5.41) is 3.11. The third-order valence-electron chi connectivity index (χ3n) is 2.19. The first-order chi connectivity index (χ1) is 6.86. The molecule has 0 amide bonds. The Morgan fingerprint density at radius 3 is 3.14 bits per heavy atom. The standard InChI is InChI=1S/C10H12N2O2/c13-10-9(4-6-14-10)12-7-8-3-1-2-5-11-8/h1-3,5,9,12H,4,6-7H2. The zero-order valence-corrected chi connectivity index (χ0v) is 7.77. The number of aromatic nitrogens is 1. The third kappa shape index (κ3) is 2.09. The lowest BCUT2D eigenvalue weighted by Gasteiger charge is -2.07. The topological polar surface area (TPSA) is 51.2 Å². The van der Waals surface area contributed by atoms with Crippen molar-refractivity contribution in [3.8, 4) is 0 Å². The van der Waals surface area contributed by atoms with Gasteiger partial charge >= 0.3 is 5.97 Å². The molecule has 0 spiro atoms. The summed E-state index contributed by atoms with van der Waals surface area (Å²) in [5.41, 5.74) is 0.937. The first kappa shape index (κ1) is 9.15. The Labute approximate surface area is 82.3 Å². The first-order valence-electron chi connectivity index (χ1n) is 4.66. The molecule has 1 saturated heterocycles. The number of cyclic esters (lactones) is 1. The maximum atomic E-state index is 11.1. The van der Waals surface area contributed by atoms with Gasteiger partial charge in [-0.2, -0.15) is 0 Å². The Morgan fingerprint density at radius 1 is 1.57 bits per heavy atom. The van der Waals surface area contributed by atoms with Crippen LogP contribution in [0, 0.1) is 0 Å². The summed E-state index contributed by atoms with van der Waals surface area (Å²) in [6.45, 7) is 1.14. The van der Waals surface area contributed by atoms with Gasteiger partial charge in [-0.25, -0.2) is 0 Å². The van der Waals surface area contributed by atoms with Crippen LogP contribution < -0.4 is 5.32 Å². The zero-order valence-electron chi connectivity index (χ0n) is 7.77. The van der Waals surface area contributed by atoms with Crippen LogP contribution in [0.4, 0.5) is 0 Å². The van der Waals surface area contributed by atoms with E-state index in [1.54, 1.807) is 6.20 Å². The molecule has 14 heavy (non-hydrogen) atoms. The minimum absolute atomic E-state index is 0.152. The van der Waals surface area contributed by atoms with Crippen molar-refractivity contribution in [2.24, 2.45) is 0 Å². The summed E-state index contributed by atoms with van der Waals surface area (Å²) in [6, 6.07) is 5.56. The SMILES string of the molecule is O=C1OCCC1NCc1ccccn1. The first-order valence-corrected chi connectivity index (χ1v) is 4.66. The van der Waals surface area contributed by atoms with E-state index in [-0.39, 0.29) is 12.0 Å². The number of nitrogens with zero attached hydrogens (tertiary/aromatic N) is 1. The highest BCUT2D eigenvalue weighted by Gasteiger charge is 2.25. The van der Waals surface area contributed by atoms with Crippen LogP contribution in [-0.2, 0) is 16.1 Å². The highest BCUT2D eigenvalue weighted by atomic mass is 16.5. The fourth-order valence-corrected chi connectivity index (χ4v) is 1.41. The summed E-state index contributed by atoms with van der Waals surface area (Å²) < 4.78 is 4.83. The summed E-state index contributed by atoms with van der Waals surface area (Å²) in [5.74, 6) is -0.152. The van der Waals surface area contributed by atoms with Crippen molar-refractivity contribution in [2.75, 3.05) is 6.61 Å².